The van der Waals surface area contributed by atoms with E-state index in [0.717, 1.165) is 0 Å². The smallest absolute Gasteiger partial charge is 0.323 e. The predicted octanol–water partition coefficient (Wildman–Crippen LogP) is 2.44. The van der Waals surface area contributed by atoms with Gasteiger partial charge in [-0.25, -0.2) is 4.39 Å². The van der Waals surface area contributed by atoms with E-state index in [2.05, 4.69) is 5.32 Å². The largest absolute Gasteiger partial charge is 0.494 e. The minimum Gasteiger partial charge on any atom is -0.494 e. The molecule has 1 aromatic rings. The molecule has 1 aromatic carbocycles. The van der Waals surface area contributed by atoms with Crippen LogP contribution < -0.4 is 10.1 Å². The molecule has 1 rings (SSSR count). The third-order valence-electron chi connectivity index (χ3n) is 3.32. The first-order valence-electron chi connectivity index (χ1n) is 6.35. The lowest BCUT2D eigenvalue weighted by atomic mass is 9.91. The molecule has 0 aromatic heterocycles. The van der Waals surface area contributed by atoms with E-state index in [1.165, 1.54) is 12.1 Å². The highest BCUT2D eigenvalue weighted by molar-refractivity contribution is 5.78. The second-order valence-corrected chi connectivity index (χ2v) is 4.40. The lowest BCUT2D eigenvalue weighted by molar-refractivity contribution is -0.145. The van der Waals surface area contributed by atoms with E-state index in [1.807, 2.05) is 6.92 Å². The summed E-state index contributed by atoms with van der Waals surface area (Å²) in [7, 11) is 1.65. The highest BCUT2D eigenvalue weighted by atomic mass is 19.1. The van der Waals surface area contributed by atoms with E-state index in [1.54, 1.807) is 19.2 Å². The van der Waals surface area contributed by atoms with Crippen LogP contribution in [0.2, 0.25) is 0 Å². The number of hydrogen-bond donors (Lipinski definition) is 2. The summed E-state index contributed by atoms with van der Waals surface area (Å²) in [6.07, 6.45) is 1.60. The Kier molecular flexibility index (Phi) is 5.76. The van der Waals surface area contributed by atoms with Gasteiger partial charge in [-0.15, -0.1) is 0 Å². The zero-order chi connectivity index (χ0) is 14.3. The van der Waals surface area contributed by atoms with Gasteiger partial charge in [-0.05, 0) is 50.6 Å². The first-order chi connectivity index (χ1) is 9.04. The molecular weight excluding hydrogens is 249 g/mol. The quantitative estimate of drug-likeness (QED) is 0.712. The van der Waals surface area contributed by atoms with E-state index in [9.17, 15) is 14.3 Å². The van der Waals surface area contributed by atoms with E-state index in [4.69, 9.17) is 4.74 Å². The van der Waals surface area contributed by atoms with Crippen molar-refractivity contribution < 1.29 is 19.0 Å². The molecule has 5 heteroatoms. The van der Waals surface area contributed by atoms with Gasteiger partial charge in [0.15, 0.2) is 0 Å². The van der Waals surface area contributed by atoms with Gasteiger partial charge in [0.1, 0.15) is 17.1 Å². The Labute approximate surface area is 112 Å². The number of carboxylic acids is 1. The number of nitrogens with one attached hydrogen (secondary N) is 1. The molecule has 19 heavy (non-hydrogen) atoms. The fourth-order valence-electron chi connectivity index (χ4n) is 1.94. The third kappa shape index (κ3) is 4.21. The molecule has 0 aliphatic carbocycles. The monoisotopic (exact) mass is 269 g/mol. The molecule has 0 saturated heterocycles. The first-order valence-corrected chi connectivity index (χ1v) is 6.35. The number of benzene rings is 1. The summed E-state index contributed by atoms with van der Waals surface area (Å²) in [6, 6.07) is 5.77. The maximum Gasteiger partial charge on any atom is 0.323 e. The first kappa shape index (κ1) is 15.4. The van der Waals surface area contributed by atoms with Crippen molar-refractivity contribution in [3.8, 4) is 5.75 Å². The van der Waals surface area contributed by atoms with Crippen molar-refractivity contribution in [1.82, 2.24) is 5.32 Å². The molecule has 106 valence electrons. The molecule has 0 heterocycles. The zero-order valence-corrected chi connectivity index (χ0v) is 11.3. The van der Waals surface area contributed by atoms with Crippen LogP contribution in [-0.4, -0.2) is 30.3 Å². The maximum atomic E-state index is 12.7. The molecule has 0 radical (unpaired) electrons. The average Bonchev–Trinajstić information content (AvgIpc) is 2.41. The maximum absolute atomic E-state index is 12.7. The van der Waals surface area contributed by atoms with Crippen molar-refractivity contribution in [2.24, 2.45) is 0 Å². The minimum absolute atomic E-state index is 0.307. The van der Waals surface area contributed by atoms with Crippen molar-refractivity contribution in [3.63, 3.8) is 0 Å². The Hall–Kier alpha value is -1.62. The lowest BCUT2D eigenvalue weighted by Gasteiger charge is -2.27. The summed E-state index contributed by atoms with van der Waals surface area (Å²) in [6.45, 7) is 2.24. The van der Waals surface area contributed by atoms with Gasteiger partial charge in [-0.3, -0.25) is 4.79 Å². The number of hydrogen-bond acceptors (Lipinski definition) is 3. The van der Waals surface area contributed by atoms with Crippen LogP contribution in [0.1, 0.15) is 26.2 Å². The second kappa shape index (κ2) is 7.09. The Morgan fingerprint density at radius 3 is 2.53 bits per heavy atom. The molecular formula is C14H20FNO3. The normalized spacial score (nSPS) is 13.8. The SMILES string of the molecule is CCC(CCCOc1ccc(F)cc1)(NC)C(=O)O. The molecule has 2 N–H and O–H groups in total. The van der Waals surface area contributed by atoms with Crippen LogP contribution in [0.4, 0.5) is 4.39 Å². The molecule has 0 amide bonds. The van der Waals surface area contributed by atoms with Gasteiger partial charge in [-0.2, -0.15) is 0 Å². The summed E-state index contributed by atoms with van der Waals surface area (Å²) in [5.41, 5.74) is -0.897. The van der Waals surface area contributed by atoms with Gasteiger partial charge in [0, 0.05) is 0 Å². The Bertz CT molecular complexity index is 402. The number of likely N-dealkylation sites (N-methyl/N-ethyl adjacent to an activating group) is 1. The molecule has 4 nitrogen and oxygen atoms in total. The number of carboxylic acid groups (broad SMARTS) is 1. The van der Waals surface area contributed by atoms with Crippen LogP contribution in [0, 0.1) is 5.82 Å². The van der Waals surface area contributed by atoms with Crippen molar-refractivity contribution in [1.29, 1.82) is 0 Å². The van der Waals surface area contributed by atoms with Gasteiger partial charge < -0.3 is 15.2 Å². The third-order valence-corrected chi connectivity index (χ3v) is 3.32. The van der Waals surface area contributed by atoms with Gasteiger partial charge in [-0.1, -0.05) is 6.92 Å². The minimum atomic E-state index is -0.897. The molecule has 0 aliphatic rings. The standard InChI is InChI=1S/C14H20FNO3/c1-3-14(16-2,13(17)18)9-4-10-19-12-7-5-11(15)6-8-12/h5-8,16H,3-4,9-10H2,1-2H3,(H,17,18). The van der Waals surface area contributed by atoms with E-state index in [-0.39, 0.29) is 5.82 Å². The van der Waals surface area contributed by atoms with Crippen LogP contribution in [0.15, 0.2) is 24.3 Å². The Morgan fingerprint density at radius 1 is 1.42 bits per heavy atom. The molecule has 0 aliphatic heterocycles. The van der Waals surface area contributed by atoms with Gasteiger partial charge in [0.2, 0.25) is 0 Å². The van der Waals surface area contributed by atoms with Crippen LogP contribution in [-0.2, 0) is 4.79 Å². The van der Waals surface area contributed by atoms with E-state index < -0.39 is 11.5 Å². The summed E-state index contributed by atoms with van der Waals surface area (Å²) >= 11 is 0. The van der Waals surface area contributed by atoms with Gasteiger partial charge >= 0.3 is 5.97 Å². The molecule has 0 spiro atoms. The summed E-state index contributed by atoms with van der Waals surface area (Å²) in [4.78, 5) is 11.2. The lowest BCUT2D eigenvalue weighted by Crippen LogP contribution is -2.50. The van der Waals surface area contributed by atoms with Crippen molar-refractivity contribution in [3.05, 3.63) is 30.1 Å². The van der Waals surface area contributed by atoms with Crippen LogP contribution in [0.3, 0.4) is 0 Å². The van der Waals surface area contributed by atoms with Crippen LogP contribution >= 0.6 is 0 Å². The van der Waals surface area contributed by atoms with Crippen LogP contribution in [0.25, 0.3) is 0 Å². The highest BCUT2D eigenvalue weighted by Crippen LogP contribution is 2.18. The number of carbonyl (C=O) groups is 1. The van der Waals surface area contributed by atoms with E-state index in [0.29, 0.717) is 31.6 Å². The Balaban J connectivity index is 2.41. The van der Waals surface area contributed by atoms with Crippen LogP contribution in [0.5, 0.6) is 5.75 Å². The fourth-order valence-corrected chi connectivity index (χ4v) is 1.94. The summed E-state index contributed by atoms with van der Waals surface area (Å²) in [5.74, 6) is -0.569. The fraction of sp³-hybridized carbons (Fsp3) is 0.500. The molecule has 1 unspecified atom stereocenters. The summed E-state index contributed by atoms with van der Waals surface area (Å²) in [5, 5.41) is 12.1. The van der Waals surface area contributed by atoms with Crippen molar-refractivity contribution in [2.75, 3.05) is 13.7 Å². The number of ether oxygens (including phenoxy) is 1. The number of rotatable bonds is 8. The second-order valence-electron chi connectivity index (χ2n) is 4.40. The topological polar surface area (TPSA) is 58.6 Å². The molecule has 0 fully saturated rings. The Morgan fingerprint density at radius 2 is 2.05 bits per heavy atom. The molecule has 0 saturated carbocycles. The predicted molar refractivity (Wildman–Crippen MR) is 70.8 cm³/mol. The van der Waals surface area contributed by atoms with E-state index >= 15 is 0 Å². The molecule has 1 atom stereocenters. The van der Waals surface area contributed by atoms with Gasteiger partial charge in [0.05, 0.1) is 6.61 Å². The summed E-state index contributed by atoms with van der Waals surface area (Å²) < 4.78 is 18.1. The van der Waals surface area contributed by atoms with Crippen molar-refractivity contribution in [2.45, 2.75) is 31.7 Å². The average molecular weight is 269 g/mol. The van der Waals surface area contributed by atoms with Gasteiger partial charge in [0.25, 0.3) is 0 Å². The molecule has 0 bridgehead atoms. The zero-order valence-electron chi connectivity index (χ0n) is 11.3. The number of halogens is 1. The number of aliphatic carboxylic acids is 1. The highest BCUT2D eigenvalue weighted by Gasteiger charge is 2.34. The van der Waals surface area contributed by atoms with Crippen molar-refractivity contribution >= 4 is 5.97 Å².